The molecule has 0 aliphatic rings. The van der Waals surface area contributed by atoms with E-state index >= 15 is 0 Å². The number of ether oxygens (including phenoxy) is 1. The Bertz CT molecular complexity index is 761. The predicted octanol–water partition coefficient (Wildman–Crippen LogP) is 1.21. The molecule has 0 saturated carbocycles. The second-order valence-electron chi connectivity index (χ2n) is 5.60. The summed E-state index contributed by atoms with van der Waals surface area (Å²) in [5.74, 6) is -0.408. The first kappa shape index (κ1) is 22.0. The average molecular weight is 389 g/mol. The topological polar surface area (TPSA) is 174 Å². The Morgan fingerprint density at radius 3 is 2.62 bits per heavy atom. The van der Waals surface area contributed by atoms with Crippen LogP contribution in [0, 0.1) is 0 Å². The van der Waals surface area contributed by atoms with Crippen molar-refractivity contribution in [3.8, 4) is 0 Å². The van der Waals surface area contributed by atoms with E-state index < -0.39 is 26.0 Å². The number of fused-ring (bicyclic) bond motifs is 1. The molecule has 0 fully saturated rings. The number of nitrogens with zero attached hydrogens (tertiary/aromatic N) is 4. The largest absolute Gasteiger partial charge is 0.481 e. The van der Waals surface area contributed by atoms with Crippen LogP contribution in [-0.2, 0) is 20.6 Å². The minimum atomic E-state index is -4.16. The summed E-state index contributed by atoms with van der Waals surface area (Å²) in [6.07, 6.45) is 3.93. The monoisotopic (exact) mass is 389 g/mol. The number of rotatable bonds is 8. The van der Waals surface area contributed by atoms with E-state index in [2.05, 4.69) is 15.0 Å². The van der Waals surface area contributed by atoms with Crippen LogP contribution in [0.5, 0.6) is 0 Å². The first-order chi connectivity index (χ1) is 12.1. The molecule has 0 spiro atoms. The van der Waals surface area contributed by atoms with Gasteiger partial charge in [-0.25, -0.2) is 15.0 Å². The minimum Gasteiger partial charge on any atom is -0.481 e. The third-order valence-corrected chi connectivity index (χ3v) is 3.64. The molecule has 12 heteroatoms. The average Bonchev–Trinajstić information content (AvgIpc) is 2.95. The molecule has 2 rings (SSSR count). The summed E-state index contributed by atoms with van der Waals surface area (Å²) in [5.41, 5.74) is 6.70. The molecule has 26 heavy (non-hydrogen) atoms. The van der Waals surface area contributed by atoms with Crippen LogP contribution in [0.4, 0.5) is 5.82 Å². The van der Waals surface area contributed by atoms with Crippen LogP contribution in [-0.4, -0.2) is 52.8 Å². The number of hydrogen-bond donors (Lipinski definition) is 4. The smallest absolute Gasteiger partial charge is 0.350 e. The number of carboxylic acids is 1. The van der Waals surface area contributed by atoms with E-state index in [0.717, 1.165) is 12.8 Å². The lowest BCUT2D eigenvalue weighted by Crippen LogP contribution is -2.17. The summed E-state index contributed by atoms with van der Waals surface area (Å²) in [4.78, 5) is 39.2. The maximum Gasteiger partial charge on any atom is 0.350 e. The fourth-order valence-corrected chi connectivity index (χ4v) is 2.36. The maximum atomic E-state index is 10.7. The molecule has 2 aromatic rings. The second-order valence-corrected chi connectivity index (χ2v) is 7.18. The highest BCUT2D eigenvalue weighted by atomic mass is 31.2. The number of hydrogen-bond acceptors (Lipinski definition) is 7. The summed E-state index contributed by atoms with van der Waals surface area (Å²) >= 11 is 0. The lowest BCUT2D eigenvalue weighted by Gasteiger charge is -2.14. The number of imidazole rings is 1. The molecule has 0 aliphatic carbocycles. The molecule has 5 N–H and O–H groups in total. The number of carbonyl (C=O) groups is 1. The van der Waals surface area contributed by atoms with Gasteiger partial charge in [-0.05, 0) is 13.3 Å². The maximum absolute atomic E-state index is 10.7. The van der Waals surface area contributed by atoms with Gasteiger partial charge < -0.3 is 29.9 Å². The standard InChI is InChI=1S/C9H14N5O4P.C5H10O2/c1-6(18-5-19(15,16)17)2-14-4-13-7-8(10)11-3-12-9(7)14;1-2-3-4-5(6)7/h3-4,6H,2,5H2,1H3,(H2,10,11,12)(H2,15,16,17);2-4H2,1H3,(H,6,7)/t6-;/m1./s1. The van der Waals surface area contributed by atoms with Gasteiger partial charge in [-0.15, -0.1) is 0 Å². The molecular formula is C14H24N5O6P. The number of anilines is 1. The number of unbranched alkanes of at least 4 members (excludes halogenated alkanes) is 1. The van der Waals surface area contributed by atoms with E-state index in [4.69, 9.17) is 25.4 Å². The van der Waals surface area contributed by atoms with E-state index in [9.17, 15) is 9.36 Å². The van der Waals surface area contributed by atoms with E-state index in [1.54, 1.807) is 11.5 Å². The van der Waals surface area contributed by atoms with E-state index in [-0.39, 0.29) is 5.82 Å². The van der Waals surface area contributed by atoms with Gasteiger partial charge in [0.2, 0.25) is 0 Å². The number of carboxylic acid groups (broad SMARTS) is 1. The highest BCUT2D eigenvalue weighted by molar-refractivity contribution is 7.51. The SMILES string of the molecule is CCCCC(=O)O.C[C@H](Cn1cnc2c(N)ncnc21)OCP(=O)(O)O. The van der Waals surface area contributed by atoms with Gasteiger partial charge in [-0.3, -0.25) is 9.36 Å². The number of aliphatic carboxylic acids is 1. The van der Waals surface area contributed by atoms with Crippen molar-refractivity contribution in [1.29, 1.82) is 0 Å². The van der Waals surface area contributed by atoms with Crippen molar-refractivity contribution in [2.24, 2.45) is 0 Å². The zero-order valence-electron chi connectivity index (χ0n) is 14.6. The van der Waals surface area contributed by atoms with Crippen molar-refractivity contribution in [3.63, 3.8) is 0 Å². The normalized spacial score (nSPS) is 12.5. The molecule has 0 radical (unpaired) electrons. The van der Waals surface area contributed by atoms with Crippen molar-refractivity contribution in [2.75, 3.05) is 12.1 Å². The molecular weight excluding hydrogens is 365 g/mol. The van der Waals surface area contributed by atoms with Crippen LogP contribution < -0.4 is 5.73 Å². The minimum absolute atomic E-state index is 0.285. The summed E-state index contributed by atoms with van der Waals surface area (Å²) in [6.45, 7) is 4.03. The van der Waals surface area contributed by atoms with Gasteiger partial charge in [-0.1, -0.05) is 13.3 Å². The van der Waals surface area contributed by atoms with Gasteiger partial charge in [0.1, 0.15) is 18.2 Å². The van der Waals surface area contributed by atoms with Gasteiger partial charge >= 0.3 is 13.6 Å². The number of aromatic nitrogens is 4. The van der Waals surface area contributed by atoms with E-state index in [1.807, 2.05) is 6.92 Å². The summed E-state index contributed by atoms with van der Waals surface area (Å²) in [5, 5.41) is 8.04. The first-order valence-electron chi connectivity index (χ1n) is 7.93. The zero-order valence-corrected chi connectivity index (χ0v) is 15.5. The van der Waals surface area contributed by atoms with Crippen LogP contribution in [0.3, 0.4) is 0 Å². The summed E-state index contributed by atoms with van der Waals surface area (Å²) in [6, 6.07) is 0. The van der Waals surface area contributed by atoms with E-state index in [1.165, 1.54) is 12.7 Å². The quantitative estimate of drug-likeness (QED) is 0.480. The molecule has 0 saturated heterocycles. The third-order valence-electron chi connectivity index (χ3n) is 3.15. The molecule has 0 bridgehead atoms. The second kappa shape index (κ2) is 10.2. The molecule has 146 valence electrons. The van der Waals surface area contributed by atoms with Crippen molar-refractivity contribution in [2.45, 2.75) is 45.8 Å². The Morgan fingerprint density at radius 1 is 1.38 bits per heavy atom. The predicted molar refractivity (Wildman–Crippen MR) is 94.4 cm³/mol. The van der Waals surface area contributed by atoms with Crippen LogP contribution in [0.25, 0.3) is 11.2 Å². The van der Waals surface area contributed by atoms with E-state index in [0.29, 0.717) is 24.1 Å². The molecule has 0 aliphatic heterocycles. The van der Waals surface area contributed by atoms with Gasteiger partial charge in [0, 0.05) is 6.42 Å². The first-order valence-corrected chi connectivity index (χ1v) is 9.73. The van der Waals surface area contributed by atoms with Crippen LogP contribution in [0.1, 0.15) is 33.1 Å². The zero-order chi connectivity index (χ0) is 19.7. The Labute approximate surface area is 150 Å². The Kier molecular flexibility index (Phi) is 8.59. The van der Waals surface area contributed by atoms with Crippen LogP contribution in [0.2, 0.25) is 0 Å². The fourth-order valence-electron chi connectivity index (χ4n) is 1.91. The number of nitrogens with two attached hydrogens (primary N) is 1. The third kappa shape index (κ3) is 7.87. The molecule has 11 nitrogen and oxygen atoms in total. The number of nitrogen functional groups attached to an aromatic ring is 1. The Hall–Kier alpha value is -2.07. The van der Waals surface area contributed by atoms with Gasteiger partial charge in [0.05, 0.1) is 19.0 Å². The van der Waals surface area contributed by atoms with Gasteiger partial charge in [0.15, 0.2) is 11.5 Å². The lowest BCUT2D eigenvalue weighted by molar-refractivity contribution is -0.137. The molecule has 1 atom stereocenters. The molecule has 0 aromatic carbocycles. The van der Waals surface area contributed by atoms with Crippen LogP contribution >= 0.6 is 7.60 Å². The highest BCUT2D eigenvalue weighted by Crippen LogP contribution is 2.34. The molecule has 2 aromatic heterocycles. The van der Waals surface area contributed by atoms with Crippen molar-refractivity contribution < 1.29 is 29.0 Å². The van der Waals surface area contributed by atoms with Gasteiger partial charge in [-0.2, -0.15) is 0 Å². The van der Waals surface area contributed by atoms with Crippen LogP contribution in [0.15, 0.2) is 12.7 Å². The summed E-state index contributed by atoms with van der Waals surface area (Å²) < 4.78 is 17.5. The Balaban J connectivity index is 0.000000412. The van der Waals surface area contributed by atoms with Crippen molar-refractivity contribution >= 4 is 30.5 Å². The van der Waals surface area contributed by atoms with Crippen molar-refractivity contribution in [1.82, 2.24) is 19.5 Å². The Morgan fingerprint density at radius 2 is 2.08 bits per heavy atom. The molecule has 0 unspecified atom stereocenters. The van der Waals surface area contributed by atoms with Crippen molar-refractivity contribution in [3.05, 3.63) is 12.7 Å². The fraction of sp³-hybridized carbons (Fsp3) is 0.571. The molecule has 0 amide bonds. The highest BCUT2D eigenvalue weighted by Gasteiger charge is 2.16. The summed E-state index contributed by atoms with van der Waals surface area (Å²) in [7, 11) is -4.16. The molecule has 2 heterocycles. The lowest BCUT2D eigenvalue weighted by atomic mass is 10.3. The van der Waals surface area contributed by atoms with Gasteiger partial charge in [0.25, 0.3) is 0 Å².